The fraction of sp³-hybridized carbons (Fsp3) is 0.222. The Morgan fingerprint density at radius 1 is 1.20 bits per heavy atom. The van der Waals surface area contributed by atoms with E-state index >= 15 is 0 Å². The molecule has 0 fully saturated rings. The molecule has 5 nitrogen and oxygen atoms in total. The molecule has 0 atom stereocenters. The monoisotopic (exact) mass is 378 g/mol. The van der Waals surface area contributed by atoms with Crippen molar-refractivity contribution in [2.24, 2.45) is 0 Å². The highest BCUT2D eigenvalue weighted by atomic mass is 35.5. The van der Waals surface area contributed by atoms with E-state index in [1.54, 1.807) is 38.4 Å². The average molecular weight is 379 g/mol. The number of hydrogen-bond acceptors (Lipinski definition) is 4. The fourth-order valence-electron chi connectivity index (χ4n) is 2.09. The van der Waals surface area contributed by atoms with Crippen LogP contribution in [0.1, 0.15) is 10.4 Å². The molecule has 0 aliphatic carbocycles. The van der Waals surface area contributed by atoms with Crippen molar-refractivity contribution >= 4 is 40.9 Å². The predicted molar refractivity (Wildman–Crippen MR) is 102 cm³/mol. The first-order chi connectivity index (χ1) is 11.9. The van der Waals surface area contributed by atoms with Gasteiger partial charge in [0, 0.05) is 24.6 Å². The lowest BCUT2D eigenvalue weighted by atomic mass is 10.1. The van der Waals surface area contributed by atoms with Crippen molar-refractivity contribution in [1.82, 2.24) is 4.90 Å². The second-order valence-corrected chi connectivity index (χ2v) is 6.81. The highest BCUT2D eigenvalue weighted by Gasteiger charge is 2.14. The lowest BCUT2D eigenvalue weighted by molar-refractivity contribution is -0.113. The summed E-state index contributed by atoms with van der Waals surface area (Å²) in [6.07, 6.45) is 0. The van der Waals surface area contributed by atoms with E-state index in [0.717, 1.165) is 4.90 Å². The molecule has 0 spiro atoms. The summed E-state index contributed by atoms with van der Waals surface area (Å²) in [6.45, 7) is 0. The summed E-state index contributed by atoms with van der Waals surface area (Å²) in [7, 11) is 4.85. The van der Waals surface area contributed by atoms with Crippen LogP contribution in [0.4, 0.5) is 5.69 Å². The zero-order valence-electron chi connectivity index (χ0n) is 14.2. The predicted octanol–water partition coefficient (Wildman–Crippen LogP) is 3.78. The van der Waals surface area contributed by atoms with E-state index in [4.69, 9.17) is 16.3 Å². The van der Waals surface area contributed by atoms with Crippen LogP contribution in [-0.2, 0) is 4.79 Å². The molecule has 0 saturated heterocycles. The molecule has 25 heavy (non-hydrogen) atoms. The van der Waals surface area contributed by atoms with E-state index in [1.165, 1.54) is 23.8 Å². The van der Waals surface area contributed by atoms with Crippen LogP contribution in [0.3, 0.4) is 0 Å². The third-order valence-corrected chi connectivity index (χ3v) is 4.84. The van der Waals surface area contributed by atoms with Crippen LogP contribution in [0.5, 0.6) is 5.75 Å². The molecule has 2 amide bonds. The number of carbonyl (C=O) groups is 2. The molecular formula is C18H19ClN2O3S. The van der Waals surface area contributed by atoms with E-state index in [-0.39, 0.29) is 17.6 Å². The highest BCUT2D eigenvalue weighted by Crippen LogP contribution is 2.28. The lowest BCUT2D eigenvalue weighted by Gasteiger charge is -2.14. The van der Waals surface area contributed by atoms with Crippen LogP contribution in [0.2, 0.25) is 5.02 Å². The molecule has 1 N–H and O–H groups in total. The minimum Gasteiger partial charge on any atom is -0.495 e. The van der Waals surface area contributed by atoms with Gasteiger partial charge in [0.05, 0.1) is 23.6 Å². The molecule has 2 aromatic rings. The summed E-state index contributed by atoms with van der Waals surface area (Å²) in [4.78, 5) is 26.6. The van der Waals surface area contributed by atoms with E-state index < -0.39 is 0 Å². The van der Waals surface area contributed by atoms with Crippen molar-refractivity contribution in [3.05, 3.63) is 53.1 Å². The van der Waals surface area contributed by atoms with Gasteiger partial charge in [-0.1, -0.05) is 23.7 Å². The van der Waals surface area contributed by atoms with E-state index in [9.17, 15) is 9.59 Å². The van der Waals surface area contributed by atoms with Crippen molar-refractivity contribution in [2.75, 3.05) is 32.3 Å². The van der Waals surface area contributed by atoms with Gasteiger partial charge in [0.15, 0.2) is 0 Å². The Kier molecular flexibility index (Phi) is 6.73. The van der Waals surface area contributed by atoms with Crippen LogP contribution in [0, 0.1) is 0 Å². The van der Waals surface area contributed by atoms with Gasteiger partial charge in [-0.2, -0.15) is 0 Å². The first-order valence-corrected chi connectivity index (χ1v) is 8.85. The molecule has 2 aromatic carbocycles. The van der Waals surface area contributed by atoms with Crippen LogP contribution in [-0.4, -0.2) is 43.7 Å². The smallest absolute Gasteiger partial charge is 0.253 e. The maximum Gasteiger partial charge on any atom is 0.253 e. The Hall–Kier alpha value is -2.18. The molecular weight excluding hydrogens is 360 g/mol. The molecule has 7 heteroatoms. The molecule has 2 rings (SSSR count). The van der Waals surface area contributed by atoms with Gasteiger partial charge in [-0.25, -0.2) is 0 Å². The Balaban J connectivity index is 2.09. The van der Waals surface area contributed by atoms with Crippen molar-refractivity contribution in [3.63, 3.8) is 0 Å². The number of halogens is 1. The van der Waals surface area contributed by atoms with Crippen LogP contribution in [0.25, 0.3) is 0 Å². The van der Waals surface area contributed by atoms with E-state index in [2.05, 4.69) is 5.32 Å². The van der Waals surface area contributed by atoms with Crippen molar-refractivity contribution < 1.29 is 14.3 Å². The molecule has 0 aromatic heterocycles. The number of anilines is 1. The van der Waals surface area contributed by atoms with E-state index in [0.29, 0.717) is 22.0 Å². The fourth-order valence-corrected chi connectivity index (χ4v) is 3.13. The zero-order valence-corrected chi connectivity index (χ0v) is 15.8. The molecule has 0 saturated carbocycles. The standard InChI is InChI=1S/C18H19ClN2O3S/c1-21(2)18(23)12-8-9-15(24-3)14(10-12)20-17(22)11-25-16-7-5-4-6-13(16)19/h4-10H,11H2,1-3H3,(H,20,22). The average Bonchev–Trinajstić information content (AvgIpc) is 2.60. The number of ether oxygens (including phenoxy) is 1. The normalized spacial score (nSPS) is 10.2. The molecule has 0 unspecified atom stereocenters. The van der Waals surface area contributed by atoms with Crippen LogP contribution < -0.4 is 10.1 Å². The summed E-state index contributed by atoms with van der Waals surface area (Å²) in [6, 6.07) is 12.3. The molecule has 0 radical (unpaired) electrons. The SMILES string of the molecule is COc1ccc(C(=O)N(C)C)cc1NC(=O)CSc1ccccc1Cl. The number of rotatable bonds is 6. The third kappa shape index (κ3) is 5.14. The maximum atomic E-state index is 12.3. The summed E-state index contributed by atoms with van der Waals surface area (Å²) < 4.78 is 5.26. The van der Waals surface area contributed by atoms with Gasteiger partial charge in [0.1, 0.15) is 5.75 Å². The Labute approximate surface area is 156 Å². The minimum atomic E-state index is -0.210. The Morgan fingerprint density at radius 2 is 1.92 bits per heavy atom. The number of nitrogens with zero attached hydrogens (tertiary/aromatic N) is 1. The number of methoxy groups -OCH3 is 1. The quantitative estimate of drug-likeness (QED) is 0.777. The lowest BCUT2D eigenvalue weighted by Crippen LogP contribution is -2.22. The van der Waals surface area contributed by atoms with Crippen molar-refractivity contribution in [1.29, 1.82) is 0 Å². The first kappa shape index (κ1) is 19.1. The van der Waals surface area contributed by atoms with Gasteiger partial charge < -0.3 is 15.0 Å². The first-order valence-electron chi connectivity index (χ1n) is 7.49. The number of thioether (sulfide) groups is 1. The number of benzene rings is 2. The summed E-state index contributed by atoms with van der Waals surface area (Å²) in [5.74, 6) is 0.325. The second kappa shape index (κ2) is 8.78. The number of nitrogens with one attached hydrogen (secondary N) is 1. The van der Waals surface area contributed by atoms with Crippen molar-refractivity contribution in [3.8, 4) is 5.75 Å². The number of carbonyl (C=O) groups excluding carboxylic acids is 2. The largest absolute Gasteiger partial charge is 0.495 e. The van der Waals surface area contributed by atoms with Gasteiger partial charge in [-0.3, -0.25) is 9.59 Å². The minimum absolute atomic E-state index is 0.149. The van der Waals surface area contributed by atoms with Gasteiger partial charge in [-0.05, 0) is 30.3 Å². The topological polar surface area (TPSA) is 58.6 Å². The van der Waals surface area contributed by atoms with Gasteiger partial charge >= 0.3 is 0 Å². The van der Waals surface area contributed by atoms with Crippen LogP contribution in [0.15, 0.2) is 47.4 Å². The zero-order chi connectivity index (χ0) is 18.4. The third-order valence-electron chi connectivity index (χ3n) is 3.32. The Morgan fingerprint density at radius 3 is 2.56 bits per heavy atom. The molecule has 0 heterocycles. The number of hydrogen-bond donors (Lipinski definition) is 1. The summed E-state index contributed by atoms with van der Waals surface area (Å²) in [5, 5.41) is 3.39. The second-order valence-electron chi connectivity index (χ2n) is 5.38. The van der Waals surface area contributed by atoms with Crippen molar-refractivity contribution in [2.45, 2.75) is 4.90 Å². The molecule has 0 aliphatic rings. The van der Waals surface area contributed by atoms with E-state index in [1.807, 2.05) is 18.2 Å². The van der Waals surface area contributed by atoms with Gasteiger partial charge in [0.2, 0.25) is 5.91 Å². The summed E-state index contributed by atoms with van der Waals surface area (Å²) >= 11 is 7.43. The maximum absolute atomic E-state index is 12.3. The molecule has 132 valence electrons. The highest BCUT2D eigenvalue weighted by molar-refractivity contribution is 8.00. The molecule has 0 aliphatic heterocycles. The Bertz CT molecular complexity index is 781. The van der Waals surface area contributed by atoms with Crippen LogP contribution >= 0.6 is 23.4 Å². The van der Waals surface area contributed by atoms with Gasteiger partial charge in [-0.15, -0.1) is 11.8 Å². The van der Waals surface area contributed by atoms with Gasteiger partial charge in [0.25, 0.3) is 5.91 Å². The molecule has 0 bridgehead atoms. The summed E-state index contributed by atoms with van der Waals surface area (Å²) in [5.41, 5.74) is 0.930. The number of amides is 2.